The summed E-state index contributed by atoms with van der Waals surface area (Å²) < 4.78 is 61.3. The SMILES string of the molecule is CCS(=O)(=O)c1ccc(CC(=O)Nc2ccc(C#CC(O)c3cnc(C(F)(F)F)nc3)cc2)cc1. The Morgan fingerprint density at radius 1 is 1.06 bits per heavy atom. The molecule has 1 heterocycles. The molecule has 1 amide bonds. The zero-order chi connectivity index (χ0) is 25.6. The van der Waals surface area contributed by atoms with E-state index in [2.05, 4.69) is 27.1 Å². The molecular weight excluding hydrogens is 483 g/mol. The van der Waals surface area contributed by atoms with Crippen LogP contribution < -0.4 is 5.32 Å². The molecule has 35 heavy (non-hydrogen) atoms. The van der Waals surface area contributed by atoms with Gasteiger partial charge in [0.2, 0.25) is 11.7 Å². The van der Waals surface area contributed by atoms with E-state index in [0.29, 0.717) is 16.8 Å². The van der Waals surface area contributed by atoms with Gasteiger partial charge in [-0.3, -0.25) is 4.79 Å². The maximum absolute atomic E-state index is 12.5. The van der Waals surface area contributed by atoms with Crippen LogP contribution in [0.2, 0.25) is 0 Å². The van der Waals surface area contributed by atoms with E-state index in [1.54, 1.807) is 43.3 Å². The lowest BCUT2D eigenvalue weighted by atomic mass is 10.1. The van der Waals surface area contributed by atoms with Gasteiger partial charge in [0, 0.05) is 29.2 Å². The Morgan fingerprint density at radius 2 is 1.66 bits per heavy atom. The summed E-state index contributed by atoms with van der Waals surface area (Å²) in [6.07, 6.45) is -4.27. The minimum atomic E-state index is -4.67. The van der Waals surface area contributed by atoms with Crippen LogP contribution in [0, 0.1) is 11.8 Å². The van der Waals surface area contributed by atoms with Crippen molar-refractivity contribution >= 4 is 21.4 Å². The van der Waals surface area contributed by atoms with Crippen molar-refractivity contribution in [2.75, 3.05) is 11.1 Å². The van der Waals surface area contributed by atoms with Gasteiger partial charge in [0.15, 0.2) is 9.84 Å². The van der Waals surface area contributed by atoms with Gasteiger partial charge in [0.1, 0.15) is 6.10 Å². The molecule has 3 rings (SSSR count). The second kappa shape index (κ2) is 10.7. The molecule has 0 spiro atoms. The number of hydrogen-bond acceptors (Lipinski definition) is 6. The van der Waals surface area contributed by atoms with Gasteiger partial charge in [-0.1, -0.05) is 30.9 Å². The lowest BCUT2D eigenvalue weighted by Gasteiger charge is -2.07. The van der Waals surface area contributed by atoms with E-state index in [1.807, 2.05) is 0 Å². The summed E-state index contributed by atoms with van der Waals surface area (Å²) in [5.74, 6) is 3.58. The zero-order valence-electron chi connectivity index (χ0n) is 18.4. The third kappa shape index (κ3) is 7.11. The molecule has 3 aromatic rings. The van der Waals surface area contributed by atoms with E-state index in [1.165, 1.54) is 12.1 Å². The number of aromatic nitrogens is 2. The Kier molecular flexibility index (Phi) is 7.89. The highest BCUT2D eigenvalue weighted by Gasteiger charge is 2.34. The summed E-state index contributed by atoms with van der Waals surface area (Å²) in [4.78, 5) is 18.9. The molecule has 11 heteroatoms. The van der Waals surface area contributed by atoms with Crippen molar-refractivity contribution in [2.24, 2.45) is 0 Å². The monoisotopic (exact) mass is 503 g/mol. The lowest BCUT2D eigenvalue weighted by Crippen LogP contribution is -2.14. The van der Waals surface area contributed by atoms with Crippen LogP contribution in [0.1, 0.15) is 35.5 Å². The Bertz CT molecular complexity index is 1340. The maximum atomic E-state index is 12.5. The van der Waals surface area contributed by atoms with E-state index in [4.69, 9.17) is 0 Å². The molecule has 2 N–H and O–H groups in total. The zero-order valence-corrected chi connectivity index (χ0v) is 19.2. The normalized spacial score (nSPS) is 12.4. The fourth-order valence-corrected chi connectivity index (χ4v) is 3.75. The van der Waals surface area contributed by atoms with Crippen LogP contribution >= 0.6 is 0 Å². The third-order valence-corrected chi connectivity index (χ3v) is 6.54. The first-order valence-electron chi connectivity index (χ1n) is 10.3. The summed E-state index contributed by atoms with van der Waals surface area (Å²) in [5, 5.41) is 12.8. The number of halogens is 3. The molecular formula is C24H20F3N3O4S. The van der Waals surface area contributed by atoms with Gasteiger partial charge in [0.05, 0.1) is 17.1 Å². The number of aliphatic hydroxyl groups excluding tert-OH is 1. The number of aliphatic hydroxyl groups is 1. The molecule has 0 aliphatic heterocycles. The number of hydrogen-bond donors (Lipinski definition) is 2. The number of carbonyl (C=O) groups excluding carboxylic acids is 1. The molecule has 0 saturated carbocycles. The second-order valence-corrected chi connectivity index (χ2v) is 9.64. The molecule has 7 nitrogen and oxygen atoms in total. The van der Waals surface area contributed by atoms with E-state index >= 15 is 0 Å². The van der Waals surface area contributed by atoms with Crippen LogP contribution in [0.25, 0.3) is 0 Å². The molecule has 0 bridgehead atoms. The van der Waals surface area contributed by atoms with Gasteiger partial charge >= 0.3 is 6.18 Å². The number of alkyl halides is 3. The van der Waals surface area contributed by atoms with E-state index in [-0.39, 0.29) is 28.5 Å². The number of sulfone groups is 1. The highest BCUT2D eigenvalue weighted by Crippen LogP contribution is 2.26. The molecule has 182 valence electrons. The van der Waals surface area contributed by atoms with Crippen molar-refractivity contribution in [3.8, 4) is 11.8 Å². The second-order valence-electron chi connectivity index (χ2n) is 7.36. The first-order chi connectivity index (χ1) is 16.5. The summed E-state index contributed by atoms with van der Waals surface area (Å²) in [6.45, 7) is 1.56. The number of nitrogens with zero attached hydrogens (tertiary/aromatic N) is 2. The van der Waals surface area contributed by atoms with Crippen LogP contribution in [0.15, 0.2) is 65.8 Å². The molecule has 0 aliphatic rings. The van der Waals surface area contributed by atoms with Gasteiger partial charge in [0.25, 0.3) is 0 Å². The molecule has 0 aliphatic carbocycles. The molecule has 1 aromatic heterocycles. The van der Waals surface area contributed by atoms with Crippen LogP contribution in [-0.2, 0) is 27.2 Å². The number of nitrogens with one attached hydrogen (secondary N) is 1. The Morgan fingerprint density at radius 3 is 2.20 bits per heavy atom. The van der Waals surface area contributed by atoms with Crippen LogP contribution in [0.4, 0.5) is 18.9 Å². The number of anilines is 1. The van der Waals surface area contributed by atoms with E-state index in [9.17, 15) is 31.5 Å². The average molecular weight is 504 g/mol. The smallest absolute Gasteiger partial charge is 0.376 e. The third-order valence-electron chi connectivity index (χ3n) is 4.79. The average Bonchev–Trinajstić information content (AvgIpc) is 2.83. The largest absolute Gasteiger partial charge is 0.451 e. The van der Waals surface area contributed by atoms with Gasteiger partial charge in [-0.15, -0.1) is 0 Å². The predicted molar refractivity (Wildman–Crippen MR) is 122 cm³/mol. The molecule has 2 aromatic carbocycles. The van der Waals surface area contributed by atoms with Crippen molar-refractivity contribution in [1.29, 1.82) is 0 Å². The van der Waals surface area contributed by atoms with Crippen molar-refractivity contribution in [2.45, 2.75) is 30.5 Å². The number of benzene rings is 2. The first-order valence-corrected chi connectivity index (χ1v) is 11.9. The molecule has 0 saturated heterocycles. The van der Waals surface area contributed by atoms with Crippen molar-refractivity contribution in [3.63, 3.8) is 0 Å². The van der Waals surface area contributed by atoms with Gasteiger partial charge in [-0.25, -0.2) is 18.4 Å². The topological polar surface area (TPSA) is 109 Å². The van der Waals surface area contributed by atoms with Crippen LogP contribution in [0.3, 0.4) is 0 Å². The van der Waals surface area contributed by atoms with Gasteiger partial charge < -0.3 is 10.4 Å². The molecule has 0 fully saturated rings. The Labute approximate surface area is 200 Å². The lowest BCUT2D eigenvalue weighted by molar-refractivity contribution is -0.145. The minimum absolute atomic E-state index is 0.00433. The first kappa shape index (κ1) is 25.9. The van der Waals surface area contributed by atoms with E-state index in [0.717, 1.165) is 12.4 Å². The Hall–Kier alpha value is -3.75. The van der Waals surface area contributed by atoms with E-state index < -0.39 is 27.9 Å². The number of carbonyl (C=O) groups is 1. The summed E-state index contributed by atoms with van der Waals surface area (Å²) >= 11 is 0. The van der Waals surface area contributed by atoms with Gasteiger partial charge in [-0.05, 0) is 42.0 Å². The quantitative estimate of drug-likeness (QED) is 0.498. The predicted octanol–water partition coefficient (Wildman–Crippen LogP) is 3.56. The maximum Gasteiger partial charge on any atom is 0.451 e. The molecule has 1 unspecified atom stereocenters. The van der Waals surface area contributed by atoms with Crippen molar-refractivity contribution < 1.29 is 31.5 Å². The fourth-order valence-electron chi connectivity index (χ4n) is 2.87. The fraction of sp³-hybridized carbons (Fsp3) is 0.208. The minimum Gasteiger partial charge on any atom is -0.376 e. The number of rotatable bonds is 6. The van der Waals surface area contributed by atoms with Crippen molar-refractivity contribution in [1.82, 2.24) is 9.97 Å². The molecule has 0 radical (unpaired) electrons. The molecule has 1 atom stereocenters. The highest BCUT2D eigenvalue weighted by molar-refractivity contribution is 7.91. The standard InChI is InChI=1S/C24H20F3N3O4S/c1-2-35(33,34)20-10-5-17(6-11-20)13-22(32)30-19-8-3-16(4-9-19)7-12-21(31)18-14-28-23(29-15-18)24(25,26)27/h3-6,8-11,14-15,21,31H,2,13H2,1H3,(H,30,32). The van der Waals surface area contributed by atoms with Crippen molar-refractivity contribution in [3.05, 3.63) is 83.4 Å². The van der Waals surface area contributed by atoms with Gasteiger partial charge in [-0.2, -0.15) is 13.2 Å². The summed E-state index contributed by atoms with van der Waals surface area (Å²) in [7, 11) is -3.30. The Balaban J connectivity index is 1.57. The highest BCUT2D eigenvalue weighted by atomic mass is 32.2. The van der Waals surface area contributed by atoms with Crippen LogP contribution in [-0.4, -0.2) is 35.2 Å². The van der Waals surface area contributed by atoms with Crippen LogP contribution in [0.5, 0.6) is 0 Å². The summed E-state index contributed by atoms with van der Waals surface area (Å²) in [5.41, 5.74) is 1.68. The number of amides is 1. The summed E-state index contributed by atoms with van der Waals surface area (Å²) in [6, 6.07) is 12.5.